The lowest BCUT2D eigenvalue weighted by molar-refractivity contribution is -0.905. The molecule has 0 aromatic heterocycles. The third-order valence-corrected chi connectivity index (χ3v) is 6.70. The molecule has 0 spiro atoms. The number of aryl methyl sites for hydroxylation is 1. The molecule has 2 atom stereocenters. The van der Waals surface area contributed by atoms with Crippen LogP contribution >= 0.6 is 0 Å². The second-order valence-electron chi connectivity index (χ2n) is 11.0. The Hall–Kier alpha value is -2.33. The van der Waals surface area contributed by atoms with Gasteiger partial charge < -0.3 is 14.0 Å². The van der Waals surface area contributed by atoms with Gasteiger partial charge in [0, 0.05) is 12.5 Å². The van der Waals surface area contributed by atoms with E-state index in [-0.39, 0.29) is 11.9 Å². The zero-order valence-electron chi connectivity index (χ0n) is 23.5. The second-order valence-corrected chi connectivity index (χ2v) is 11.0. The molecule has 0 bridgehead atoms. The first-order valence-electron chi connectivity index (χ1n) is 14.1. The molecular formula is C32H50NO3+. The number of benzene rings is 2. The number of quaternary nitrogens is 1. The minimum atomic E-state index is -0.618. The summed E-state index contributed by atoms with van der Waals surface area (Å²) in [4.78, 5) is 12.7. The maximum atomic E-state index is 12.7. The highest BCUT2D eigenvalue weighted by Gasteiger charge is 2.27. The van der Waals surface area contributed by atoms with Crippen LogP contribution in [-0.2, 0) is 22.5 Å². The zero-order chi connectivity index (χ0) is 26.2. The summed E-state index contributed by atoms with van der Waals surface area (Å²) in [6.45, 7) is 7.56. The molecule has 0 fully saturated rings. The monoisotopic (exact) mass is 496 g/mol. The van der Waals surface area contributed by atoms with Crippen molar-refractivity contribution in [1.29, 1.82) is 0 Å². The lowest BCUT2D eigenvalue weighted by Gasteiger charge is -2.32. The molecule has 4 heteroatoms. The lowest BCUT2D eigenvalue weighted by atomic mass is 10.0. The quantitative estimate of drug-likeness (QED) is 0.0909. The van der Waals surface area contributed by atoms with Crippen LogP contribution in [0.15, 0.2) is 54.6 Å². The number of rotatable bonds is 18. The van der Waals surface area contributed by atoms with E-state index in [9.17, 15) is 4.79 Å². The summed E-state index contributed by atoms with van der Waals surface area (Å²) in [7, 11) is 4.29. The maximum absolute atomic E-state index is 12.7. The summed E-state index contributed by atoms with van der Waals surface area (Å²) >= 11 is 0. The molecule has 0 saturated carbocycles. The van der Waals surface area contributed by atoms with Crippen molar-refractivity contribution in [2.24, 2.45) is 5.92 Å². The number of unbranched alkanes of at least 4 members (excludes halogenated alkanes) is 8. The van der Waals surface area contributed by atoms with Crippen molar-refractivity contribution < 1.29 is 18.8 Å². The first-order valence-corrected chi connectivity index (χ1v) is 14.1. The molecule has 0 radical (unpaired) electrons. The number of nitrogens with zero attached hydrogens (tertiary/aromatic N) is 1. The smallest absolute Gasteiger partial charge is 0.317 e. The Morgan fingerprint density at radius 1 is 0.778 bits per heavy atom. The van der Waals surface area contributed by atoms with Crippen LogP contribution < -0.4 is 4.74 Å². The summed E-state index contributed by atoms with van der Waals surface area (Å²) in [5.41, 5.74) is 2.60. The van der Waals surface area contributed by atoms with Gasteiger partial charge in [-0.3, -0.25) is 4.79 Å². The molecule has 200 valence electrons. The SMILES string of the molecule is CCCCCCCCCCCc1ccc(OC(C)OC(=O)C(C)C[N+](C)(C)Cc2ccccc2)cc1. The van der Waals surface area contributed by atoms with Crippen LogP contribution in [0.2, 0.25) is 0 Å². The van der Waals surface area contributed by atoms with Gasteiger partial charge in [-0.1, -0.05) is 101 Å². The van der Waals surface area contributed by atoms with Gasteiger partial charge in [0.2, 0.25) is 6.29 Å². The summed E-state index contributed by atoms with van der Waals surface area (Å²) in [6, 6.07) is 18.6. The highest BCUT2D eigenvalue weighted by atomic mass is 16.7. The van der Waals surface area contributed by atoms with Crippen LogP contribution in [0.1, 0.15) is 89.7 Å². The number of carbonyl (C=O) groups excluding carboxylic acids is 1. The van der Waals surface area contributed by atoms with E-state index in [1.807, 2.05) is 25.1 Å². The van der Waals surface area contributed by atoms with Crippen molar-refractivity contribution in [1.82, 2.24) is 0 Å². The summed E-state index contributed by atoms with van der Waals surface area (Å²) in [5.74, 6) is 0.302. The molecule has 36 heavy (non-hydrogen) atoms. The van der Waals surface area contributed by atoms with Crippen LogP contribution in [-0.4, -0.2) is 37.4 Å². The van der Waals surface area contributed by atoms with Gasteiger partial charge in [-0.25, -0.2) is 0 Å². The Morgan fingerprint density at radius 2 is 1.36 bits per heavy atom. The van der Waals surface area contributed by atoms with E-state index in [4.69, 9.17) is 9.47 Å². The zero-order valence-corrected chi connectivity index (χ0v) is 23.5. The highest BCUT2D eigenvalue weighted by molar-refractivity contribution is 5.72. The highest BCUT2D eigenvalue weighted by Crippen LogP contribution is 2.18. The molecule has 0 N–H and O–H groups in total. The minimum Gasteiger partial charge on any atom is -0.455 e. The maximum Gasteiger partial charge on any atom is 0.317 e. The van der Waals surface area contributed by atoms with Gasteiger partial charge in [-0.15, -0.1) is 0 Å². The number of hydrogen-bond donors (Lipinski definition) is 0. The van der Waals surface area contributed by atoms with Gasteiger partial charge in [0.1, 0.15) is 18.2 Å². The molecular weight excluding hydrogens is 446 g/mol. The summed E-state index contributed by atoms with van der Waals surface area (Å²) in [6.07, 6.45) is 12.6. The number of esters is 1. The molecule has 0 saturated heterocycles. The number of carbonyl (C=O) groups is 1. The van der Waals surface area contributed by atoms with Crippen molar-refractivity contribution in [2.75, 3.05) is 20.6 Å². The first kappa shape index (κ1) is 29.9. The summed E-state index contributed by atoms with van der Waals surface area (Å²) < 4.78 is 12.2. The molecule has 2 unspecified atom stereocenters. The van der Waals surface area contributed by atoms with Gasteiger partial charge in [-0.05, 0) is 37.5 Å². The lowest BCUT2D eigenvalue weighted by Crippen LogP contribution is -2.44. The number of ether oxygens (including phenoxy) is 2. The van der Waals surface area contributed by atoms with Gasteiger partial charge >= 0.3 is 5.97 Å². The Bertz CT molecular complexity index is 847. The van der Waals surface area contributed by atoms with Gasteiger partial charge in [0.25, 0.3) is 0 Å². The molecule has 4 nitrogen and oxygen atoms in total. The van der Waals surface area contributed by atoms with E-state index in [1.165, 1.54) is 68.9 Å². The predicted molar refractivity (Wildman–Crippen MR) is 150 cm³/mol. The molecule has 2 rings (SSSR count). The second kappa shape index (κ2) is 16.4. The molecule has 0 aliphatic heterocycles. The van der Waals surface area contributed by atoms with Crippen LogP contribution in [0.4, 0.5) is 0 Å². The van der Waals surface area contributed by atoms with Crippen molar-refractivity contribution in [3.05, 3.63) is 65.7 Å². The molecule has 0 heterocycles. The van der Waals surface area contributed by atoms with Gasteiger partial charge in [0.15, 0.2) is 0 Å². The van der Waals surface area contributed by atoms with E-state index in [0.717, 1.165) is 23.2 Å². The van der Waals surface area contributed by atoms with Crippen LogP contribution in [0, 0.1) is 5.92 Å². The number of hydrogen-bond acceptors (Lipinski definition) is 3. The Morgan fingerprint density at radius 3 is 1.97 bits per heavy atom. The standard InChI is InChI=1S/C32H50NO3/c1-6-7-8-9-10-11-12-13-15-18-29-21-23-31(24-22-29)35-28(3)36-32(34)27(2)25-33(4,5)26-30-19-16-14-17-20-30/h14,16-17,19-24,27-28H,6-13,15,18,25-26H2,1-5H3/q+1. The minimum absolute atomic E-state index is 0.214. The third kappa shape index (κ3) is 12.6. The summed E-state index contributed by atoms with van der Waals surface area (Å²) in [5, 5.41) is 0. The topological polar surface area (TPSA) is 35.5 Å². The van der Waals surface area contributed by atoms with E-state index < -0.39 is 6.29 Å². The van der Waals surface area contributed by atoms with Gasteiger partial charge in [0.05, 0.1) is 20.6 Å². The van der Waals surface area contributed by atoms with Crippen molar-refractivity contribution in [3.8, 4) is 5.75 Å². The van der Waals surface area contributed by atoms with Gasteiger partial charge in [-0.2, -0.15) is 0 Å². The Balaban J connectivity index is 1.65. The molecule has 2 aromatic rings. The average molecular weight is 497 g/mol. The average Bonchev–Trinajstić information content (AvgIpc) is 2.84. The van der Waals surface area contributed by atoms with Crippen LogP contribution in [0.25, 0.3) is 0 Å². The van der Waals surface area contributed by atoms with E-state index in [1.54, 1.807) is 6.92 Å². The van der Waals surface area contributed by atoms with E-state index in [0.29, 0.717) is 6.54 Å². The Kier molecular flexibility index (Phi) is 13.6. The van der Waals surface area contributed by atoms with Crippen molar-refractivity contribution in [2.45, 2.75) is 97.8 Å². The van der Waals surface area contributed by atoms with Crippen LogP contribution in [0.5, 0.6) is 5.75 Å². The molecule has 0 amide bonds. The van der Waals surface area contributed by atoms with Crippen molar-refractivity contribution in [3.63, 3.8) is 0 Å². The molecule has 0 aliphatic rings. The predicted octanol–water partition coefficient (Wildman–Crippen LogP) is 7.94. The Labute approximate surface area is 220 Å². The molecule has 0 aliphatic carbocycles. The fraction of sp³-hybridized carbons (Fsp3) is 0.594. The third-order valence-electron chi connectivity index (χ3n) is 6.70. The fourth-order valence-corrected chi connectivity index (χ4v) is 4.83. The van der Waals surface area contributed by atoms with Crippen molar-refractivity contribution >= 4 is 5.97 Å². The normalized spacial score (nSPS) is 13.2. The molecule has 2 aromatic carbocycles. The fourth-order valence-electron chi connectivity index (χ4n) is 4.83. The van der Waals surface area contributed by atoms with Crippen LogP contribution in [0.3, 0.4) is 0 Å². The van der Waals surface area contributed by atoms with E-state index in [2.05, 4.69) is 57.4 Å². The van der Waals surface area contributed by atoms with E-state index >= 15 is 0 Å². The first-order chi connectivity index (χ1) is 17.3. The largest absolute Gasteiger partial charge is 0.455 e.